The second kappa shape index (κ2) is 6.61. The summed E-state index contributed by atoms with van der Waals surface area (Å²) < 4.78 is 14.2. The molecule has 7 nitrogen and oxygen atoms in total. The van der Waals surface area contributed by atoms with E-state index in [1.54, 1.807) is 36.1 Å². The summed E-state index contributed by atoms with van der Waals surface area (Å²) >= 11 is -1.19. The first kappa shape index (κ1) is 15.8. The third kappa shape index (κ3) is 2.92. The molecule has 0 unspecified atom stereocenters. The molecule has 8 heteroatoms. The summed E-state index contributed by atoms with van der Waals surface area (Å²) in [6.07, 6.45) is 5.42. The van der Waals surface area contributed by atoms with Gasteiger partial charge in [0.25, 0.3) is 0 Å². The van der Waals surface area contributed by atoms with Crippen molar-refractivity contribution in [2.24, 2.45) is 0 Å². The topological polar surface area (TPSA) is 70.5 Å². The van der Waals surface area contributed by atoms with Crippen LogP contribution in [0.5, 0.6) is 0 Å². The van der Waals surface area contributed by atoms with Gasteiger partial charge in [-0.05, 0) is 0 Å². The van der Waals surface area contributed by atoms with Crippen LogP contribution >= 0.6 is 0 Å². The van der Waals surface area contributed by atoms with Gasteiger partial charge in [-0.1, -0.05) is 0 Å². The molecule has 0 aliphatic heterocycles. The molecule has 0 aliphatic rings. The molecule has 0 saturated heterocycles. The van der Waals surface area contributed by atoms with E-state index in [1.165, 1.54) is 4.68 Å². The van der Waals surface area contributed by atoms with E-state index in [0.717, 1.165) is 5.69 Å². The number of ether oxygens (including phenoxy) is 1. The van der Waals surface area contributed by atoms with Crippen LogP contribution in [-0.2, 0) is 11.3 Å². The molecule has 0 aromatic carbocycles. The van der Waals surface area contributed by atoms with Gasteiger partial charge in [0.05, 0.1) is 0 Å². The van der Waals surface area contributed by atoms with Gasteiger partial charge in [0.15, 0.2) is 0 Å². The summed E-state index contributed by atoms with van der Waals surface area (Å²) in [5.74, 6) is -0.598. The molecule has 0 saturated carbocycles. The van der Waals surface area contributed by atoms with Gasteiger partial charge in [-0.3, -0.25) is 0 Å². The van der Waals surface area contributed by atoms with Crippen LogP contribution in [0.15, 0.2) is 41.7 Å². The third-order valence-corrected chi connectivity index (χ3v) is 6.20. The molecule has 0 aliphatic carbocycles. The molecule has 3 aromatic rings. The number of hydrogen-bond donors (Lipinski definition) is 0. The van der Waals surface area contributed by atoms with Crippen molar-refractivity contribution in [2.45, 2.75) is 13.5 Å². The Morgan fingerprint density at radius 2 is 2.26 bits per heavy atom. The fraction of sp³-hybridized carbons (Fsp3) is 0.200. The van der Waals surface area contributed by atoms with E-state index in [1.807, 2.05) is 14.6 Å². The van der Waals surface area contributed by atoms with Crippen molar-refractivity contribution in [2.75, 3.05) is 6.61 Å². The number of carbonyl (C=O) groups excluding carboxylic acids is 1. The molecule has 116 valence electrons. The molecule has 0 atom stereocenters. The Bertz CT molecular complexity index is 938. The van der Waals surface area contributed by atoms with Gasteiger partial charge in [-0.15, -0.1) is 0 Å². The molecule has 0 N–H and O–H groups in total. The number of esters is 1. The second-order valence-corrected chi connectivity index (χ2v) is 8.62. The number of pyridine rings is 1. The zero-order valence-corrected chi connectivity index (χ0v) is 17.2. The maximum absolute atomic E-state index is 12.7. The Hall–Kier alpha value is -2.04. The summed E-state index contributed by atoms with van der Waals surface area (Å²) in [5.41, 5.74) is 0.988. The van der Waals surface area contributed by atoms with Crippen molar-refractivity contribution in [1.29, 1.82) is 0 Å². The summed E-state index contributed by atoms with van der Waals surface area (Å²) in [7, 11) is 0. The Balaban J connectivity index is 2.13. The Morgan fingerprint density at radius 3 is 2.96 bits per heavy atom. The van der Waals surface area contributed by atoms with E-state index in [0.29, 0.717) is 12.1 Å². The van der Waals surface area contributed by atoms with Crippen LogP contribution in [0.1, 0.15) is 23.0 Å². The molecule has 3 heterocycles. The Morgan fingerprint density at radius 1 is 1.43 bits per heavy atom. The molecule has 23 heavy (non-hydrogen) atoms. The third-order valence-electron chi connectivity index (χ3n) is 3.46. The summed E-state index contributed by atoms with van der Waals surface area (Å²) in [6, 6.07) is 5.33. The van der Waals surface area contributed by atoms with Crippen LogP contribution in [0.2, 0.25) is 0 Å². The minimum absolute atomic E-state index is 0.0584. The first-order chi connectivity index (χ1) is 11.2. The van der Waals surface area contributed by atoms with E-state index in [4.69, 9.17) is 4.74 Å². The van der Waals surface area contributed by atoms with Crippen molar-refractivity contribution in [3.05, 3.63) is 58.5 Å². The standard InChI is InChI=1S/C14H13N4O3.CH2.Tl/c1-2-21-14(20)12-11-5-3-4-6-17(11)18(13(12)19)8-10-7-15-9-16-10;;/h3-7,9H,2,8H2,1H3;1H2;/q-1;;+1. The molecule has 0 spiro atoms. The normalized spacial score (nSPS) is 10.7. The molecule has 0 radical (unpaired) electrons. The van der Waals surface area contributed by atoms with E-state index in [2.05, 4.69) is 9.05 Å². The average molecular weight is 504 g/mol. The number of hydrogen-bond acceptors (Lipinski definition) is 4. The maximum atomic E-state index is 12.7. The SMILES string of the molecule is [CH2]=[Tl][n]1cnc(Cn2c(=O)c(C(=O)OCC)c3ccccn32)c1. The molecule has 3 aromatic heterocycles. The van der Waals surface area contributed by atoms with Crippen LogP contribution in [0.25, 0.3) is 5.52 Å². The van der Waals surface area contributed by atoms with Gasteiger partial charge >= 0.3 is 144 Å². The number of carbonyl (C=O) groups is 1. The van der Waals surface area contributed by atoms with Gasteiger partial charge in [0.2, 0.25) is 0 Å². The minimum atomic E-state index is -1.19. The van der Waals surface area contributed by atoms with Crippen LogP contribution in [0.3, 0.4) is 0 Å². The number of aromatic nitrogens is 4. The van der Waals surface area contributed by atoms with Gasteiger partial charge in [-0.25, -0.2) is 0 Å². The number of imidazole rings is 1. The van der Waals surface area contributed by atoms with Gasteiger partial charge in [-0.2, -0.15) is 0 Å². The predicted octanol–water partition coefficient (Wildman–Crippen LogP) is 0.422. The van der Waals surface area contributed by atoms with Crippen molar-refractivity contribution in [3.63, 3.8) is 0 Å². The quantitative estimate of drug-likeness (QED) is 0.374. The van der Waals surface area contributed by atoms with E-state index in [9.17, 15) is 9.59 Å². The van der Waals surface area contributed by atoms with Crippen molar-refractivity contribution >= 4 is 39.6 Å². The summed E-state index contributed by atoms with van der Waals surface area (Å²) in [6.45, 7) is 2.23. The molecule has 3 rings (SSSR count). The van der Waals surface area contributed by atoms with Crippen LogP contribution in [-0.4, -0.2) is 57.2 Å². The van der Waals surface area contributed by atoms with E-state index >= 15 is 0 Å². The first-order valence-electron chi connectivity index (χ1n) is 7.18. The van der Waals surface area contributed by atoms with Gasteiger partial charge in [0, 0.05) is 0 Å². The summed E-state index contributed by atoms with van der Waals surface area (Å²) in [4.78, 5) is 29.1. The van der Waals surface area contributed by atoms with Crippen LogP contribution < -0.4 is 5.56 Å². The van der Waals surface area contributed by atoms with Crippen molar-refractivity contribution < 1.29 is 9.53 Å². The fourth-order valence-corrected chi connectivity index (χ4v) is 4.14. The molecule has 0 amide bonds. The van der Waals surface area contributed by atoms with Gasteiger partial charge < -0.3 is 0 Å². The van der Waals surface area contributed by atoms with Crippen molar-refractivity contribution in [1.82, 2.24) is 16.6 Å². The Kier molecular flexibility index (Phi) is 4.55. The molecular weight excluding hydrogens is 489 g/mol. The van der Waals surface area contributed by atoms with E-state index in [-0.39, 0.29) is 17.7 Å². The van der Waals surface area contributed by atoms with Crippen LogP contribution in [0, 0.1) is 0 Å². The van der Waals surface area contributed by atoms with Gasteiger partial charge in [0.1, 0.15) is 0 Å². The first-order valence-corrected chi connectivity index (χ1v) is 12.4. The number of rotatable bonds is 5. The van der Waals surface area contributed by atoms with Crippen molar-refractivity contribution in [3.8, 4) is 0 Å². The zero-order valence-electron chi connectivity index (χ0n) is 12.7. The molecule has 0 fully saturated rings. The Labute approximate surface area is 144 Å². The average Bonchev–Trinajstić information content (AvgIpc) is 3.11. The molecule has 0 bridgehead atoms. The number of nitrogens with zero attached hydrogens (tertiary/aromatic N) is 4. The number of fused-ring (bicyclic) bond motifs is 1. The predicted molar refractivity (Wildman–Crippen MR) is 87.2 cm³/mol. The zero-order chi connectivity index (χ0) is 16.4. The van der Waals surface area contributed by atoms with Crippen LogP contribution in [0.4, 0.5) is 0 Å². The monoisotopic (exact) mass is 504 g/mol. The van der Waals surface area contributed by atoms with E-state index < -0.39 is 30.0 Å². The summed E-state index contributed by atoms with van der Waals surface area (Å²) in [5, 5.41) is 0. The molecular formula is C15H15N4O3Tl. The second-order valence-electron chi connectivity index (χ2n) is 4.88. The fourth-order valence-electron chi connectivity index (χ4n) is 2.44.